The van der Waals surface area contributed by atoms with Crippen LogP contribution in [0.2, 0.25) is 0 Å². The Kier molecular flexibility index (Phi) is 4.60. The summed E-state index contributed by atoms with van der Waals surface area (Å²) in [6.45, 7) is 8.76. The molecular formula is C18H22BrFN2O2S. The number of rotatable bonds is 4. The predicted molar refractivity (Wildman–Crippen MR) is 103 cm³/mol. The Morgan fingerprint density at radius 1 is 1.36 bits per heavy atom. The van der Waals surface area contributed by atoms with Gasteiger partial charge in [-0.3, -0.25) is 0 Å². The first-order valence-corrected chi connectivity index (χ1v) is 10.6. The highest BCUT2D eigenvalue weighted by Gasteiger charge is 2.35. The molecule has 136 valence electrons. The van der Waals surface area contributed by atoms with Crippen molar-refractivity contribution in [1.82, 2.24) is 4.57 Å². The zero-order valence-electron chi connectivity index (χ0n) is 14.8. The summed E-state index contributed by atoms with van der Waals surface area (Å²) in [5.41, 5.74) is 1.95. The summed E-state index contributed by atoms with van der Waals surface area (Å²) in [6.07, 6.45) is 3.22. The highest BCUT2D eigenvalue weighted by atomic mass is 79.9. The molecule has 1 aliphatic rings. The molecule has 0 spiro atoms. The number of benzene rings is 1. The Morgan fingerprint density at radius 2 is 2.00 bits per heavy atom. The van der Waals surface area contributed by atoms with E-state index in [0.717, 1.165) is 12.1 Å². The second-order valence-electron chi connectivity index (χ2n) is 7.91. The largest absolute Gasteiger partial charge is 0.346 e. The number of nitrogens with zero attached hydrogens (tertiary/aromatic N) is 2. The fraction of sp³-hybridized carbons (Fsp3) is 0.500. The van der Waals surface area contributed by atoms with E-state index in [1.807, 2.05) is 10.8 Å². The molecule has 0 unspecified atom stereocenters. The van der Waals surface area contributed by atoms with Crippen molar-refractivity contribution in [1.29, 1.82) is 0 Å². The first-order chi connectivity index (χ1) is 11.5. The molecule has 1 aliphatic carbocycles. The van der Waals surface area contributed by atoms with E-state index in [-0.39, 0.29) is 16.5 Å². The fourth-order valence-corrected chi connectivity index (χ4v) is 4.59. The van der Waals surface area contributed by atoms with Crippen molar-refractivity contribution in [2.75, 3.05) is 0 Å². The number of halogens is 2. The molecular weight excluding hydrogens is 407 g/mol. The van der Waals surface area contributed by atoms with Gasteiger partial charge in [-0.05, 0) is 53.2 Å². The topological polar surface area (TPSA) is 51.4 Å². The molecule has 1 heterocycles. The number of sulfonamides is 1. The van der Waals surface area contributed by atoms with E-state index in [0.29, 0.717) is 34.0 Å². The van der Waals surface area contributed by atoms with E-state index >= 15 is 0 Å². The quantitative estimate of drug-likeness (QED) is 0.650. The van der Waals surface area contributed by atoms with Crippen LogP contribution in [0.3, 0.4) is 0 Å². The van der Waals surface area contributed by atoms with Gasteiger partial charge in [0, 0.05) is 23.7 Å². The number of hydrogen-bond acceptors (Lipinski definition) is 2. The minimum absolute atomic E-state index is 0.0230. The van der Waals surface area contributed by atoms with Gasteiger partial charge in [0.15, 0.2) is 0 Å². The van der Waals surface area contributed by atoms with Crippen LogP contribution in [0.4, 0.5) is 4.39 Å². The van der Waals surface area contributed by atoms with Crippen molar-refractivity contribution >= 4 is 42.6 Å². The molecule has 1 fully saturated rings. The molecule has 0 radical (unpaired) electrons. The third kappa shape index (κ3) is 3.97. The maximum Gasteiger partial charge on any atom is 0.256 e. The van der Waals surface area contributed by atoms with Crippen molar-refractivity contribution in [3.63, 3.8) is 0 Å². The second-order valence-corrected chi connectivity index (χ2v) is 10.6. The van der Waals surface area contributed by atoms with Gasteiger partial charge in [-0.1, -0.05) is 20.8 Å². The SMILES string of the molecule is C/C(=N/S(=O)(=O)C1CC1)c1cn(CC(C)(C)C)c2cc(Br)c(F)cc12. The van der Waals surface area contributed by atoms with Gasteiger partial charge >= 0.3 is 0 Å². The third-order valence-corrected chi connectivity index (χ3v) is 6.62. The van der Waals surface area contributed by atoms with E-state index in [2.05, 4.69) is 41.1 Å². The molecule has 0 amide bonds. The lowest BCUT2D eigenvalue weighted by Crippen LogP contribution is -2.14. The molecule has 0 aliphatic heterocycles. The molecule has 1 saturated carbocycles. The predicted octanol–water partition coefficient (Wildman–Crippen LogP) is 4.89. The van der Waals surface area contributed by atoms with Gasteiger partial charge in [0.1, 0.15) is 5.82 Å². The molecule has 7 heteroatoms. The average Bonchev–Trinajstić information content (AvgIpc) is 3.25. The van der Waals surface area contributed by atoms with Crippen molar-refractivity contribution in [2.45, 2.75) is 52.3 Å². The summed E-state index contributed by atoms with van der Waals surface area (Å²) in [5.74, 6) is -0.375. The summed E-state index contributed by atoms with van der Waals surface area (Å²) >= 11 is 3.24. The van der Waals surface area contributed by atoms with Crippen LogP contribution in [0.1, 0.15) is 46.1 Å². The summed E-state index contributed by atoms with van der Waals surface area (Å²) in [5, 5.41) is 0.327. The van der Waals surface area contributed by atoms with Crippen molar-refractivity contribution in [2.24, 2.45) is 9.81 Å². The Morgan fingerprint density at radius 3 is 2.56 bits per heavy atom. The Balaban J connectivity index is 2.17. The molecule has 0 N–H and O–H groups in total. The van der Waals surface area contributed by atoms with Crippen LogP contribution in [0.5, 0.6) is 0 Å². The Bertz CT molecular complexity index is 967. The van der Waals surface area contributed by atoms with Gasteiger partial charge in [0.2, 0.25) is 0 Å². The minimum Gasteiger partial charge on any atom is -0.346 e. The highest BCUT2D eigenvalue weighted by Crippen LogP contribution is 2.32. The normalized spacial score (nSPS) is 16.6. The lowest BCUT2D eigenvalue weighted by Gasteiger charge is -2.19. The lowest BCUT2D eigenvalue weighted by atomic mass is 9.97. The Hall–Kier alpha value is -1.21. The van der Waals surface area contributed by atoms with Crippen molar-refractivity contribution < 1.29 is 12.8 Å². The lowest BCUT2D eigenvalue weighted by molar-refractivity contribution is 0.349. The summed E-state index contributed by atoms with van der Waals surface area (Å²) in [4.78, 5) is 0. The van der Waals surface area contributed by atoms with E-state index in [1.165, 1.54) is 6.07 Å². The smallest absolute Gasteiger partial charge is 0.256 e. The van der Waals surface area contributed by atoms with Gasteiger partial charge in [0.25, 0.3) is 10.0 Å². The van der Waals surface area contributed by atoms with Crippen molar-refractivity contribution in [3.05, 3.63) is 34.2 Å². The fourth-order valence-electron chi connectivity index (χ4n) is 2.90. The molecule has 25 heavy (non-hydrogen) atoms. The molecule has 2 aromatic rings. The molecule has 4 nitrogen and oxygen atoms in total. The van der Waals surface area contributed by atoms with Crippen LogP contribution in [0, 0.1) is 11.2 Å². The first-order valence-electron chi connectivity index (χ1n) is 8.26. The second kappa shape index (κ2) is 6.20. The van der Waals surface area contributed by atoms with E-state index in [9.17, 15) is 12.8 Å². The van der Waals surface area contributed by atoms with Crippen LogP contribution in [0.15, 0.2) is 27.2 Å². The van der Waals surface area contributed by atoms with Gasteiger partial charge in [0.05, 0.1) is 21.0 Å². The monoisotopic (exact) mass is 428 g/mol. The Labute approximate surface area is 156 Å². The number of hydrogen-bond donors (Lipinski definition) is 0. The molecule has 0 saturated heterocycles. The third-order valence-electron chi connectivity index (χ3n) is 4.17. The summed E-state index contributed by atoms with van der Waals surface area (Å²) < 4.78 is 44.9. The zero-order valence-corrected chi connectivity index (χ0v) is 17.2. The van der Waals surface area contributed by atoms with Gasteiger partial charge in [-0.15, -0.1) is 0 Å². The van der Waals surface area contributed by atoms with E-state index in [4.69, 9.17) is 0 Å². The molecule has 0 atom stereocenters. The standard InChI is InChI=1S/C18H22BrFN2O2S/c1-11(21-25(23,24)12-5-6-12)14-9-22(10-18(2,3)4)17-8-15(19)16(20)7-13(14)17/h7-9,12H,5-6,10H2,1-4H3/b21-11-. The van der Waals surface area contributed by atoms with Crippen LogP contribution in [-0.4, -0.2) is 23.9 Å². The maximum atomic E-state index is 14.1. The minimum atomic E-state index is -3.47. The van der Waals surface area contributed by atoms with E-state index < -0.39 is 10.0 Å². The van der Waals surface area contributed by atoms with E-state index in [1.54, 1.807) is 13.0 Å². The van der Waals surface area contributed by atoms with Crippen LogP contribution in [-0.2, 0) is 16.6 Å². The summed E-state index contributed by atoms with van der Waals surface area (Å²) in [7, 11) is -3.47. The number of aromatic nitrogens is 1. The highest BCUT2D eigenvalue weighted by molar-refractivity contribution is 9.10. The van der Waals surface area contributed by atoms with Gasteiger partial charge in [-0.2, -0.15) is 4.40 Å². The molecule has 3 rings (SSSR count). The van der Waals surface area contributed by atoms with Crippen molar-refractivity contribution in [3.8, 4) is 0 Å². The van der Waals surface area contributed by atoms with Gasteiger partial charge < -0.3 is 4.57 Å². The summed E-state index contributed by atoms with van der Waals surface area (Å²) in [6, 6.07) is 3.18. The number of fused-ring (bicyclic) bond motifs is 1. The van der Waals surface area contributed by atoms with Crippen LogP contribution >= 0.6 is 15.9 Å². The average molecular weight is 429 g/mol. The van der Waals surface area contributed by atoms with Gasteiger partial charge in [-0.25, -0.2) is 12.8 Å². The zero-order chi connectivity index (χ0) is 18.6. The molecule has 1 aromatic carbocycles. The maximum absolute atomic E-state index is 14.1. The van der Waals surface area contributed by atoms with Crippen LogP contribution < -0.4 is 0 Å². The molecule has 0 bridgehead atoms. The molecule has 1 aromatic heterocycles. The first kappa shape index (κ1) is 18.6. The van der Waals surface area contributed by atoms with Crippen LogP contribution in [0.25, 0.3) is 10.9 Å².